The van der Waals surface area contributed by atoms with Crippen molar-refractivity contribution in [3.05, 3.63) is 41.3 Å². The molecule has 1 heterocycles. The van der Waals surface area contributed by atoms with Crippen molar-refractivity contribution in [3.63, 3.8) is 0 Å². The minimum absolute atomic E-state index is 0.183. The molecular formula is C16H23N7O2. The van der Waals surface area contributed by atoms with E-state index < -0.39 is 6.03 Å². The first-order valence-corrected chi connectivity index (χ1v) is 7.90. The topological polar surface area (TPSA) is 123 Å². The van der Waals surface area contributed by atoms with Crippen molar-refractivity contribution < 1.29 is 9.53 Å². The molecule has 0 aliphatic carbocycles. The van der Waals surface area contributed by atoms with Gasteiger partial charge in [-0.05, 0) is 25.0 Å². The minimum Gasteiger partial charge on any atom is -0.470 e. The van der Waals surface area contributed by atoms with Crippen molar-refractivity contribution in [1.29, 1.82) is 0 Å². The number of hydrazine groups is 2. The number of aromatic nitrogens is 3. The summed E-state index contributed by atoms with van der Waals surface area (Å²) in [7, 11) is 1.43. The van der Waals surface area contributed by atoms with Gasteiger partial charge in [0.25, 0.3) is 5.88 Å². The number of nitrogens with two attached hydrogens (primary N) is 2. The van der Waals surface area contributed by atoms with E-state index >= 15 is 0 Å². The number of ether oxygens (including phenoxy) is 1. The summed E-state index contributed by atoms with van der Waals surface area (Å²) in [5.74, 6) is 11.8. The number of amides is 2. The zero-order valence-electron chi connectivity index (χ0n) is 14.6. The number of anilines is 1. The van der Waals surface area contributed by atoms with Gasteiger partial charge in [-0.15, -0.1) is 10.2 Å². The molecule has 0 radical (unpaired) electrons. The number of benzene rings is 1. The molecule has 25 heavy (non-hydrogen) atoms. The molecule has 0 spiro atoms. The summed E-state index contributed by atoms with van der Waals surface area (Å²) in [6.07, 6.45) is 3.12. The van der Waals surface area contributed by atoms with Crippen molar-refractivity contribution in [2.24, 2.45) is 11.7 Å². The van der Waals surface area contributed by atoms with Gasteiger partial charge < -0.3 is 4.74 Å². The first-order chi connectivity index (χ1) is 12.0. The van der Waals surface area contributed by atoms with Crippen LogP contribution in [0.15, 0.2) is 24.5 Å². The fraction of sp³-hybridized carbons (Fsp3) is 0.375. The standard InChI is InChI=1S/C16H23N7O2/c1-4-6-12-7-5-8-14(23(18)16(24)22(3)17)13(12)9-25-15-11(2)19-10-20-21-15/h5,7-8,10H,4,6,9,17-18H2,1-3H3. The lowest BCUT2D eigenvalue weighted by atomic mass is 10.0. The molecule has 0 saturated heterocycles. The Hall–Kier alpha value is -2.78. The van der Waals surface area contributed by atoms with Gasteiger partial charge in [0.1, 0.15) is 18.6 Å². The Labute approximate surface area is 146 Å². The van der Waals surface area contributed by atoms with E-state index in [1.165, 1.54) is 13.4 Å². The predicted molar refractivity (Wildman–Crippen MR) is 93.3 cm³/mol. The van der Waals surface area contributed by atoms with Crippen LogP contribution in [0.1, 0.15) is 30.2 Å². The number of urea groups is 1. The molecule has 9 nitrogen and oxygen atoms in total. The van der Waals surface area contributed by atoms with Gasteiger partial charge >= 0.3 is 6.03 Å². The van der Waals surface area contributed by atoms with Gasteiger partial charge in [0.2, 0.25) is 0 Å². The summed E-state index contributed by atoms with van der Waals surface area (Å²) in [6, 6.07) is 5.05. The molecule has 9 heteroatoms. The lowest BCUT2D eigenvalue weighted by Gasteiger charge is -2.24. The first kappa shape index (κ1) is 18.6. The van der Waals surface area contributed by atoms with Crippen LogP contribution in [0.25, 0.3) is 0 Å². The van der Waals surface area contributed by atoms with E-state index in [1.807, 2.05) is 12.1 Å². The second kappa shape index (κ2) is 8.36. The summed E-state index contributed by atoms with van der Waals surface area (Å²) in [5, 5.41) is 9.60. The van der Waals surface area contributed by atoms with Crippen molar-refractivity contribution >= 4 is 11.7 Å². The van der Waals surface area contributed by atoms with Crippen molar-refractivity contribution in [2.75, 3.05) is 12.1 Å². The number of carbonyl (C=O) groups is 1. The molecule has 2 amide bonds. The maximum atomic E-state index is 12.1. The molecular weight excluding hydrogens is 322 g/mol. The summed E-state index contributed by atoms with van der Waals surface area (Å²) in [6.45, 7) is 4.04. The Kier molecular flexibility index (Phi) is 6.20. The molecule has 0 bridgehead atoms. The summed E-state index contributed by atoms with van der Waals surface area (Å²) >= 11 is 0. The Morgan fingerprint density at radius 3 is 2.72 bits per heavy atom. The van der Waals surface area contributed by atoms with Crippen molar-refractivity contribution in [2.45, 2.75) is 33.3 Å². The van der Waals surface area contributed by atoms with Crippen LogP contribution in [0.2, 0.25) is 0 Å². The second-order valence-corrected chi connectivity index (χ2v) is 5.57. The van der Waals surface area contributed by atoms with Gasteiger partial charge in [-0.1, -0.05) is 25.5 Å². The molecule has 0 aliphatic rings. The van der Waals surface area contributed by atoms with Crippen LogP contribution in [-0.4, -0.2) is 33.3 Å². The van der Waals surface area contributed by atoms with Crippen LogP contribution in [0.4, 0.5) is 10.5 Å². The third-order valence-corrected chi connectivity index (χ3v) is 3.65. The Balaban J connectivity index is 2.35. The average Bonchev–Trinajstić information content (AvgIpc) is 2.60. The van der Waals surface area contributed by atoms with E-state index in [0.717, 1.165) is 34.0 Å². The van der Waals surface area contributed by atoms with Crippen LogP contribution < -0.4 is 21.4 Å². The largest absolute Gasteiger partial charge is 0.470 e. The minimum atomic E-state index is -0.535. The SMILES string of the molecule is CCCc1cccc(N(N)C(=O)N(C)N)c1COc1nncnc1C. The molecule has 0 unspecified atom stereocenters. The summed E-state index contributed by atoms with van der Waals surface area (Å²) in [5.41, 5.74) is 3.00. The van der Waals surface area contributed by atoms with E-state index in [2.05, 4.69) is 22.1 Å². The average molecular weight is 345 g/mol. The van der Waals surface area contributed by atoms with Gasteiger partial charge in [-0.25, -0.2) is 26.5 Å². The van der Waals surface area contributed by atoms with Crippen LogP contribution in [0.3, 0.4) is 0 Å². The highest BCUT2D eigenvalue weighted by molar-refractivity contribution is 5.91. The fourth-order valence-electron chi connectivity index (χ4n) is 2.38. The second-order valence-electron chi connectivity index (χ2n) is 5.57. The van der Waals surface area contributed by atoms with Gasteiger partial charge in [0, 0.05) is 12.6 Å². The van der Waals surface area contributed by atoms with Crippen LogP contribution >= 0.6 is 0 Å². The van der Waals surface area contributed by atoms with Gasteiger partial charge in [0.15, 0.2) is 0 Å². The lowest BCUT2D eigenvalue weighted by molar-refractivity contribution is 0.216. The maximum Gasteiger partial charge on any atom is 0.352 e. The van der Waals surface area contributed by atoms with Crippen LogP contribution in [-0.2, 0) is 13.0 Å². The summed E-state index contributed by atoms with van der Waals surface area (Å²) in [4.78, 5) is 16.2. The molecule has 1 aromatic heterocycles. The normalized spacial score (nSPS) is 10.4. The van der Waals surface area contributed by atoms with E-state index in [1.54, 1.807) is 13.0 Å². The van der Waals surface area contributed by atoms with E-state index in [-0.39, 0.29) is 6.61 Å². The third-order valence-electron chi connectivity index (χ3n) is 3.65. The number of nitrogens with zero attached hydrogens (tertiary/aromatic N) is 5. The molecule has 1 aromatic carbocycles. The van der Waals surface area contributed by atoms with Crippen molar-refractivity contribution in [3.8, 4) is 5.88 Å². The molecule has 0 fully saturated rings. The highest BCUT2D eigenvalue weighted by Crippen LogP contribution is 2.26. The van der Waals surface area contributed by atoms with E-state index in [9.17, 15) is 4.79 Å². The molecule has 0 saturated carbocycles. The molecule has 2 rings (SSSR count). The summed E-state index contributed by atoms with van der Waals surface area (Å²) < 4.78 is 5.77. The lowest BCUT2D eigenvalue weighted by Crippen LogP contribution is -2.49. The number of carbonyl (C=O) groups excluding carboxylic acids is 1. The van der Waals surface area contributed by atoms with E-state index in [4.69, 9.17) is 16.4 Å². The molecule has 0 atom stereocenters. The molecule has 0 aliphatic heterocycles. The zero-order valence-corrected chi connectivity index (χ0v) is 14.6. The highest BCUT2D eigenvalue weighted by atomic mass is 16.5. The number of hydrogen-bond donors (Lipinski definition) is 2. The van der Waals surface area contributed by atoms with Gasteiger partial charge in [0.05, 0.1) is 5.69 Å². The fourth-order valence-corrected chi connectivity index (χ4v) is 2.38. The Morgan fingerprint density at radius 1 is 1.32 bits per heavy atom. The molecule has 2 aromatic rings. The Bertz CT molecular complexity index is 736. The van der Waals surface area contributed by atoms with Gasteiger partial charge in [-0.3, -0.25) is 5.01 Å². The monoisotopic (exact) mass is 345 g/mol. The number of aryl methyl sites for hydroxylation is 2. The number of hydrogen-bond acceptors (Lipinski definition) is 7. The zero-order chi connectivity index (χ0) is 18.4. The highest BCUT2D eigenvalue weighted by Gasteiger charge is 2.20. The Morgan fingerprint density at radius 2 is 2.08 bits per heavy atom. The third kappa shape index (κ3) is 4.40. The molecule has 134 valence electrons. The smallest absolute Gasteiger partial charge is 0.352 e. The van der Waals surface area contributed by atoms with Crippen molar-refractivity contribution in [1.82, 2.24) is 20.2 Å². The predicted octanol–water partition coefficient (Wildman–Crippen LogP) is 1.32. The quantitative estimate of drug-likeness (QED) is 0.459. The first-order valence-electron chi connectivity index (χ1n) is 7.90. The van der Waals surface area contributed by atoms with Crippen LogP contribution in [0, 0.1) is 6.92 Å². The number of rotatable bonds is 6. The molecule has 4 N–H and O–H groups in total. The van der Waals surface area contributed by atoms with Crippen LogP contribution in [0.5, 0.6) is 5.88 Å². The van der Waals surface area contributed by atoms with E-state index in [0.29, 0.717) is 17.3 Å². The van der Waals surface area contributed by atoms with Gasteiger partial charge in [-0.2, -0.15) is 0 Å². The maximum absolute atomic E-state index is 12.1.